The van der Waals surface area contributed by atoms with Gasteiger partial charge < -0.3 is 4.74 Å². The number of benzene rings is 2. The van der Waals surface area contributed by atoms with E-state index in [9.17, 15) is 9.18 Å². The summed E-state index contributed by atoms with van der Waals surface area (Å²) in [5.74, 6) is 2.15. The number of carbonyl (C=O) groups excluding carboxylic acids is 1. The highest BCUT2D eigenvalue weighted by Gasteiger charge is 2.36. The second kappa shape index (κ2) is 12.3. The smallest absolute Gasteiger partial charge is 0.346 e. The fraction of sp³-hybridized carbons (Fsp3) is 0.469. The topological polar surface area (TPSA) is 26.3 Å². The van der Waals surface area contributed by atoms with Gasteiger partial charge in [-0.1, -0.05) is 42.8 Å². The van der Waals surface area contributed by atoms with Crippen LogP contribution < -0.4 is 4.74 Å². The van der Waals surface area contributed by atoms with Crippen molar-refractivity contribution >= 4 is 5.97 Å². The molecule has 186 valence electrons. The fourth-order valence-electron chi connectivity index (χ4n) is 6.16. The summed E-state index contributed by atoms with van der Waals surface area (Å²) < 4.78 is 20.4. The highest BCUT2D eigenvalue weighted by atomic mass is 19.1. The monoisotopic (exact) mass is 474 g/mol. The first kappa shape index (κ1) is 25.4. The highest BCUT2D eigenvalue weighted by Crippen LogP contribution is 2.48. The maximum absolute atomic E-state index is 15.0. The molecule has 4 atom stereocenters. The molecule has 2 aliphatic carbocycles. The van der Waals surface area contributed by atoms with Gasteiger partial charge in [-0.2, -0.15) is 0 Å². The fourth-order valence-corrected chi connectivity index (χ4v) is 6.16. The lowest BCUT2D eigenvalue weighted by Crippen LogP contribution is -2.30. The molecule has 0 saturated heterocycles. The van der Waals surface area contributed by atoms with E-state index in [1.165, 1.54) is 38.5 Å². The zero-order valence-electron chi connectivity index (χ0n) is 21.1. The average Bonchev–Trinajstić information content (AvgIpc) is 2.88. The Labute approximate surface area is 210 Å². The van der Waals surface area contributed by atoms with Crippen molar-refractivity contribution in [1.82, 2.24) is 0 Å². The van der Waals surface area contributed by atoms with Gasteiger partial charge in [0.15, 0.2) is 0 Å². The molecule has 2 aliphatic rings. The zero-order chi connectivity index (χ0) is 24.6. The van der Waals surface area contributed by atoms with E-state index in [4.69, 9.17) is 4.74 Å². The summed E-state index contributed by atoms with van der Waals surface area (Å²) in [7, 11) is 0. The van der Waals surface area contributed by atoms with Crippen LogP contribution in [0.2, 0.25) is 0 Å². The van der Waals surface area contributed by atoms with Gasteiger partial charge in [0.05, 0.1) is 5.56 Å². The molecule has 4 unspecified atom stereocenters. The van der Waals surface area contributed by atoms with E-state index >= 15 is 0 Å². The predicted octanol–water partition coefficient (Wildman–Crippen LogP) is 8.82. The summed E-state index contributed by atoms with van der Waals surface area (Å²) in [4.78, 5) is 12.6. The molecule has 0 bridgehead atoms. The molecule has 0 amide bonds. The third-order valence-corrected chi connectivity index (χ3v) is 8.15. The standard InChI is InChI=1S/C32H39FO2/c1-3-5-7-9-24-10-13-26-21-27(15-14-25(26)20-24)28-16-19-30(31(33)22-28)32(34)35-29-17-11-23(12-18-29)8-6-4-2/h3-5,11-12,16-19,22,24-27H,2,6-10,13-15,20-21H2,1H3/b5-3+. The molecule has 2 aromatic rings. The summed E-state index contributed by atoms with van der Waals surface area (Å²) in [6.45, 7) is 5.83. The minimum absolute atomic E-state index is 0.000179. The van der Waals surface area contributed by atoms with E-state index in [-0.39, 0.29) is 5.56 Å². The number of hydrogen-bond donors (Lipinski definition) is 0. The van der Waals surface area contributed by atoms with E-state index in [0.717, 1.165) is 54.6 Å². The largest absolute Gasteiger partial charge is 0.423 e. The van der Waals surface area contributed by atoms with E-state index in [0.29, 0.717) is 11.7 Å². The predicted molar refractivity (Wildman–Crippen MR) is 141 cm³/mol. The zero-order valence-corrected chi connectivity index (χ0v) is 21.1. The second-order valence-electron chi connectivity index (χ2n) is 10.5. The molecule has 0 spiro atoms. The summed E-state index contributed by atoms with van der Waals surface area (Å²) in [5, 5.41) is 0. The van der Waals surface area contributed by atoms with Crippen LogP contribution in [0.25, 0.3) is 0 Å². The Hall–Kier alpha value is -2.68. The van der Waals surface area contributed by atoms with Gasteiger partial charge in [-0.05, 0) is 124 Å². The number of rotatable bonds is 9. The van der Waals surface area contributed by atoms with E-state index in [2.05, 4.69) is 25.7 Å². The molecule has 0 heterocycles. The van der Waals surface area contributed by atoms with Crippen molar-refractivity contribution in [2.24, 2.45) is 17.8 Å². The summed E-state index contributed by atoms with van der Waals surface area (Å²) in [6.07, 6.45) is 18.2. The van der Waals surface area contributed by atoms with Gasteiger partial charge in [-0.25, -0.2) is 9.18 Å². The van der Waals surface area contributed by atoms with E-state index < -0.39 is 11.8 Å². The lowest BCUT2D eigenvalue weighted by molar-refractivity contribution is 0.0729. The van der Waals surface area contributed by atoms with E-state index in [1.54, 1.807) is 24.3 Å². The first-order chi connectivity index (χ1) is 17.1. The molecular weight excluding hydrogens is 435 g/mol. The number of fused-ring (bicyclic) bond motifs is 1. The number of halogens is 1. The van der Waals surface area contributed by atoms with Crippen LogP contribution in [0.15, 0.2) is 67.3 Å². The summed E-state index contributed by atoms with van der Waals surface area (Å²) >= 11 is 0. The van der Waals surface area contributed by atoms with Crippen molar-refractivity contribution in [3.8, 4) is 5.75 Å². The van der Waals surface area contributed by atoms with Gasteiger partial charge in [0.25, 0.3) is 0 Å². The van der Waals surface area contributed by atoms with Crippen molar-refractivity contribution in [3.63, 3.8) is 0 Å². The van der Waals surface area contributed by atoms with Gasteiger partial charge in [0.2, 0.25) is 0 Å². The van der Waals surface area contributed by atoms with Gasteiger partial charge >= 0.3 is 5.97 Å². The minimum atomic E-state index is -0.646. The third kappa shape index (κ3) is 6.72. The summed E-state index contributed by atoms with van der Waals surface area (Å²) in [5.41, 5.74) is 2.18. The number of allylic oxidation sites excluding steroid dienone is 3. The van der Waals surface area contributed by atoms with Crippen molar-refractivity contribution in [3.05, 3.63) is 89.8 Å². The Kier molecular flexibility index (Phi) is 8.95. The maximum atomic E-state index is 15.0. The van der Waals surface area contributed by atoms with Crippen LogP contribution in [0.1, 0.15) is 92.1 Å². The SMILES string of the molecule is C=CCCc1ccc(OC(=O)c2ccc(C3CCC4CC(CC/C=C/C)CCC4C3)cc2F)cc1. The number of hydrogen-bond acceptors (Lipinski definition) is 2. The second-order valence-corrected chi connectivity index (χ2v) is 10.5. The molecule has 0 aliphatic heterocycles. The molecule has 0 radical (unpaired) electrons. The molecule has 0 aromatic heterocycles. The van der Waals surface area contributed by atoms with Crippen LogP contribution in [0.5, 0.6) is 5.75 Å². The molecule has 2 aromatic carbocycles. The average molecular weight is 475 g/mol. The molecule has 3 heteroatoms. The van der Waals surface area contributed by atoms with Crippen LogP contribution in [0, 0.1) is 23.6 Å². The lowest BCUT2D eigenvalue weighted by atomic mass is 9.63. The molecule has 0 N–H and O–H groups in total. The molecule has 2 fully saturated rings. The first-order valence-electron chi connectivity index (χ1n) is 13.4. The lowest BCUT2D eigenvalue weighted by Gasteiger charge is -2.42. The third-order valence-electron chi connectivity index (χ3n) is 8.15. The van der Waals surface area contributed by atoms with E-state index in [1.807, 2.05) is 24.3 Å². The first-order valence-corrected chi connectivity index (χ1v) is 13.4. The van der Waals surface area contributed by atoms with Crippen molar-refractivity contribution in [2.45, 2.75) is 77.0 Å². The van der Waals surface area contributed by atoms with Crippen molar-refractivity contribution in [1.29, 1.82) is 0 Å². The quantitative estimate of drug-likeness (QED) is 0.206. The van der Waals surface area contributed by atoms with Gasteiger partial charge in [0.1, 0.15) is 11.6 Å². The molecule has 2 nitrogen and oxygen atoms in total. The summed E-state index contributed by atoms with van der Waals surface area (Å²) in [6, 6.07) is 12.5. The van der Waals surface area contributed by atoms with Crippen LogP contribution in [-0.2, 0) is 6.42 Å². The maximum Gasteiger partial charge on any atom is 0.346 e. The molecule has 2 saturated carbocycles. The van der Waals surface area contributed by atoms with Crippen LogP contribution in [0.3, 0.4) is 0 Å². The van der Waals surface area contributed by atoms with Crippen molar-refractivity contribution in [2.75, 3.05) is 0 Å². The highest BCUT2D eigenvalue weighted by molar-refractivity contribution is 5.91. The molecule has 4 rings (SSSR count). The van der Waals surface area contributed by atoms with Gasteiger partial charge in [-0.15, -0.1) is 6.58 Å². The number of aryl methyl sites for hydroxylation is 1. The Morgan fingerprint density at radius 1 is 1.03 bits per heavy atom. The van der Waals surface area contributed by atoms with Crippen LogP contribution >= 0.6 is 0 Å². The Morgan fingerprint density at radius 2 is 1.80 bits per heavy atom. The Morgan fingerprint density at radius 3 is 2.54 bits per heavy atom. The molecular formula is C32H39FO2. The Bertz CT molecular complexity index is 1020. The minimum Gasteiger partial charge on any atom is -0.423 e. The number of ether oxygens (including phenoxy) is 1. The number of carbonyl (C=O) groups is 1. The molecule has 35 heavy (non-hydrogen) atoms. The Balaban J connectivity index is 1.33. The normalized spacial score (nSPS) is 24.2. The number of esters is 1. The van der Waals surface area contributed by atoms with Gasteiger partial charge in [0, 0.05) is 0 Å². The van der Waals surface area contributed by atoms with Crippen molar-refractivity contribution < 1.29 is 13.9 Å². The van der Waals surface area contributed by atoms with Gasteiger partial charge in [-0.3, -0.25) is 0 Å². The van der Waals surface area contributed by atoms with Crippen LogP contribution in [-0.4, -0.2) is 5.97 Å². The van der Waals surface area contributed by atoms with Crippen LogP contribution in [0.4, 0.5) is 4.39 Å².